The van der Waals surface area contributed by atoms with Crippen LogP contribution in [0.25, 0.3) is 26.0 Å². The highest BCUT2D eigenvalue weighted by Crippen LogP contribution is 2.66. The predicted molar refractivity (Wildman–Crippen MR) is 459 cm³/mol. The van der Waals surface area contributed by atoms with Crippen LogP contribution < -0.4 is 0 Å². The molecule has 0 saturated heterocycles. The third-order valence-corrected chi connectivity index (χ3v) is 34.7. The minimum Gasteiger partial charge on any atom is -0.655 e. The van der Waals surface area contributed by atoms with Crippen LogP contribution in [0.2, 0.25) is 0 Å². The van der Waals surface area contributed by atoms with Gasteiger partial charge < -0.3 is 49.7 Å². The Morgan fingerprint density at radius 1 is 0.277 bits per heavy atom. The number of halogens is 15. The molecule has 0 N–H and O–H groups in total. The molecular weight excluding hydrogens is 1740 g/mol. The maximum Gasteiger partial charge on any atom is 0.480 e. The number of nitrogens with zero attached hydrogens (tertiary/aromatic N) is 5. The van der Waals surface area contributed by atoms with Gasteiger partial charge in [0.25, 0.3) is 0 Å². The summed E-state index contributed by atoms with van der Waals surface area (Å²) in [6.07, 6.45) is 34.7. The average molecular weight is 1890 g/mol. The van der Waals surface area contributed by atoms with Crippen molar-refractivity contribution in [1.82, 2.24) is 0 Å². The molecule has 0 radical (unpaired) electrons. The zero-order valence-corrected chi connectivity index (χ0v) is 77.0. The molecular formula is C97H145F15N5O12S-5. The van der Waals surface area contributed by atoms with Gasteiger partial charge >= 0.3 is 60.1 Å². The molecule has 20 bridgehead atoms. The van der Waals surface area contributed by atoms with E-state index in [9.17, 15) is 98.2 Å². The Balaban J connectivity index is 0.000000139. The minimum atomic E-state index is -5.45. The topological polar surface area (TPSA) is 236 Å². The number of sulfonamides is 1. The molecule has 0 unspecified atom stereocenters. The number of hydrogen-bond acceptors (Lipinski definition) is 12. The quantitative estimate of drug-likeness (QED) is 0.0243. The van der Waals surface area contributed by atoms with Crippen molar-refractivity contribution in [3.63, 3.8) is 0 Å². The third-order valence-electron chi connectivity index (χ3n) is 33.6. The molecule has 22 fully saturated rings. The van der Waals surface area contributed by atoms with E-state index < -0.39 is 78.4 Å². The number of esters is 5. The molecule has 0 heterocycles. The minimum absolute atomic E-state index is 0.00821. The van der Waals surface area contributed by atoms with Crippen molar-refractivity contribution in [2.45, 2.75) is 370 Å². The van der Waals surface area contributed by atoms with E-state index in [-0.39, 0.29) is 89.8 Å². The molecule has 0 atom stereocenters. The van der Waals surface area contributed by atoms with Crippen molar-refractivity contribution in [2.75, 3.05) is 78.8 Å². The van der Waals surface area contributed by atoms with Crippen LogP contribution >= 0.6 is 0 Å². The van der Waals surface area contributed by atoms with Crippen LogP contribution in [0.1, 0.15) is 327 Å². The van der Waals surface area contributed by atoms with Crippen molar-refractivity contribution >= 4 is 39.9 Å². The number of carbonyl (C=O) groups excluding carboxylic acids is 5. The average Bonchev–Trinajstić information content (AvgIpc) is 0.766. The summed E-state index contributed by atoms with van der Waals surface area (Å²) in [6, 6.07) is -0.155. The molecule has 22 saturated carbocycles. The van der Waals surface area contributed by atoms with Gasteiger partial charge in [-0.05, 0) is 345 Å². The Kier molecular flexibility index (Phi) is 35.7. The van der Waals surface area contributed by atoms with E-state index in [0.717, 1.165) is 283 Å². The Morgan fingerprint density at radius 3 is 0.831 bits per heavy atom. The molecule has 22 aliphatic rings. The first-order valence-corrected chi connectivity index (χ1v) is 51.6. The van der Waals surface area contributed by atoms with Gasteiger partial charge in [0.2, 0.25) is 0 Å². The summed E-state index contributed by atoms with van der Waals surface area (Å²) in [6.45, 7) is -2.50. The van der Waals surface area contributed by atoms with Gasteiger partial charge in [-0.25, -0.2) is 8.42 Å². The van der Waals surface area contributed by atoms with Crippen molar-refractivity contribution in [3.8, 4) is 0 Å². The first-order valence-electron chi connectivity index (χ1n) is 50.2. The summed E-state index contributed by atoms with van der Waals surface area (Å²) in [5.41, 5.74) is -6.52. The van der Waals surface area contributed by atoms with Crippen molar-refractivity contribution in [1.29, 1.82) is 0 Å². The number of rotatable bonds is 38. The zero-order chi connectivity index (χ0) is 93.0. The summed E-state index contributed by atoms with van der Waals surface area (Å²) in [5.74, 6) is 11.5. The van der Waals surface area contributed by atoms with E-state index in [2.05, 4.69) is 26.0 Å². The van der Waals surface area contributed by atoms with Crippen LogP contribution in [0.4, 0.5) is 65.9 Å². The fourth-order valence-electron chi connectivity index (χ4n) is 29.8. The van der Waals surface area contributed by atoms with Gasteiger partial charge in [-0.15, -0.1) is 32.2 Å². The summed E-state index contributed by atoms with van der Waals surface area (Å²) in [4.78, 5) is 63.6. The van der Waals surface area contributed by atoms with Gasteiger partial charge in [-0.2, -0.15) is 65.9 Å². The van der Waals surface area contributed by atoms with Crippen LogP contribution in [0.5, 0.6) is 0 Å². The number of hydrogen-bond donors (Lipinski definition) is 0. The second kappa shape index (κ2) is 44.9. The molecule has 33 heteroatoms. The molecule has 0 aromatic carbocycles. The Labute approximate surface area is 760 Å². The van der Waals surface area contributed by atoms with Crippen LogP contribution in [0.15, 0.2) is 0 Å². The third kappa shape index (κ3) is 29.8. The molecule has 746 valence electrons. The monoisotopic (exact) mass is 1890 g/mol. The lowest BCUT2D eigenvalue weighted by Crippen LogP contribution is -2.51. The second-order valence-corrected chi connectivity index (χ2v) is 46.3. The molecule has 22 aliphatic carbocycles. The normalized spacial score (nSPS) is 36.6. The van der Waals surface area contributed by atoms with Crippen LogP contribution in [0, 0.1) is 128 Å². The Hall–Kier alpha value is -3.95. The largest absolute Gasteiger partial charge is 0.655 e. The standard InChI is InChI=1S/2C21H31F3NO2.C21H33F3NO2.C19H29F3NO2.C15H21F3NO4S/c22-21(23,24)13-25-18-3-1-14(2-4-18)5-6-27-19(26)20-10-15-7-16(11-20)9-17(8-15)12-20;22-21(23,24)13-25-6-5-14-1-3-18(4-2-14)27-19(26)20-10-15-7-16(11-20)9-17(8-15)12-20;22-21(23,24)15-25-7-5-3-1-2-4-6-8-27-19(26)20-12-16-9-17(13-20)11-18(10-16)14-20;20-19(21,22)13-23-5-3-1-2-4-6-25-17(24)18-10-14-7-15(11-18)9-16(8-14)12-18;16-15(17,18)24(21,22)19-2-1-3-23-13(20)14-7-10-4-11(8-14)6-12(5-10)9-14/h2*14-18H,1-13H2;16-18H,1-15H2;14-16H,1-13H2;10-12H,1-9H2/q5*-1. The lowest BCUT2D eigenvalue weighted by molar-refractivity contribution is -0.179. The summed E-state index contributed by atoms with van der Waals surface area (Å²) < 4.78 is 234. The van der Waals surface area contributed by atoms with Gasteiger partial charge in [-0.3, -0.25) is 24.0 Å². The van der Waals surface area contributed by atoms with Crippen molar-refractivity contribution in [3.05, 3.63) is 26.0 Å². The smallest absolute Gasteiger partial charge is 0.480 e. The number of unbranched alkanes of at least 4 members (excludes halogenated alkanes) is 8. The second-order valence-electron chi connectivity index (χ2n) is 44.6. The fraction of sp³-hybridized carbons (Fsp3) is 0.948. The van der Waals surface area contributed by atoms with E-state index in [1.807, 2.05) is 0 Å². The summed E-state index contributed by atoms with van der Waals surface area (Å²) in [5, 5.41) is 14.4. The maximum absolute atomic E-state index is 13.0. The fourth-order valence-corrected chi connectivity index (χ4v) is 30.3. The van der Waals surface area contributed by atoms with Gasteiger partial charge in [-0.1, -0.05) is 110 Å². The Morgan fingerprint density at radius 2 is 0.531 bits per heavy atom. The number of alkyl halides is 15. The molecule has 0 spiro atoms. The number of ether oxygens (including phenoxy) is 5. The van der Waals surface area contributed by atoms with Gasteiger partial charge in [0.05, 0.1) is 53.5 Å². The molecule has 0 aliphatic heterocycles. The molecule has 0 aromatic heterocycles. The lowest BCUT2D eigenvalue weighted by Gasteiger charge is -2.55. The zero-order valence-electron chi connectivity index (χ0n) is 76.2. The maximum atomic E-state index is 13.0. The highest BCUT2D eigenvalue weighted by Gasteiger charge is 2.61. The van der Waals surface area contributed by atoms with E-state index in [1.54, 1.807) is 0 Å². The Bertz CT molecular complexity index is 3560. The van der Waals surface area contributed by atoms with Gasteiger partial charge in [0, 0.05) is 0 Å². The molecule has 17 nitrogen and oxygen atoms in total. The van der Waals surface area contributed by atoms with Crippen molar-refractivity contribution < 1.29 is 122 Å². The van der Waals surface area contributed by atoms with E-state index in [4.69, 9.17) is 23.7 Å². The van der Waals surface area contributed by atoms with E-state index in [0.29, 0.717) is 68.8 Å². The molecule has 0 aromatic rings. The SMILES string of the molecule is O=C(OC1CCC(CC[N-]CC(F)(F)F)CC1)C12CC3CC(CC(C3)C1)C2.O=C(OCCC1CCC([N-]CC(F)(F)F)CC1)C12CC3CC(CC(C3)C1)C2.O=C(OCCCCCCCC[N-]CC(F)(F)F)C12CC3CC(CC(C3)C1)C2.O=C(OCCCCCC[N-]CC(F)(F)F)C12CC3CC(CC(C3)C1)C2.O=C(OCCC[N-]S(=O)(=O)C(F)(F)F)C12CC3CC(CC(C3)C1)C2. The van der Waals surface area contributed by atoms with E-state index in [1.165, 1.54) is 96.3 Å². The van der Waals surface area contributed by atoms with Gasteiger partial charge in [0.1, 0.15) is 6.10 Å². The molecule has 130 heavy (non-hydrogen) atoms. The highest BCUT2D eigenvalue weighted by atomic mass is 32.2. The van der Waals surface area contributed by atoms with E-state index >= 15 is 0 Å². The predicted octanol–water partition coefficient (Wildman–Crippen LogP) is 25.9. The summed E-state index contributed by atoms with van der Waals surface area (Å²) >= 11 is 0. The highest BCUT2D eigenvalue weighted by molar-refractivity contribution is 7.94. The van der Waals surface area contributed by atoms with Crippen molar-refractivity contribution in [2.24, 2.45) is 128 Å². The number of carbonyl (C=O) groups is 5. The summed E-state index contributed by atoms with van der Waals surface area (Å²) in [7, 11) is -5.45. The van der Waals surface area contributed by atoms with Crippen LogP contribution in [-0.4, -0.2) is 159 Å². The first-order chi connectivity index (χ1) is 61.5. The van der Waals surface area contributed by atoms with Gasteiger partial charge in [0.15, 0.2) is 10.0 Å². The molecule has 0 amide bonds. The van der Waals surface area contributed by atoms with Crippen LogP contribution in [-0.2, 0) is 57.7 Å². The van der Waals surface area contributed by atoms with Crippen LogP contribution in [0.3, 0.4) is 0 Å². The first kappa shape index (κ1) is 103. The lowest BCUT2D eigenvalue weighted by atomic mass is 9.49. The molecule has 22 rings (SSSR count).